The van der Waals surface area contributed by atoms with Crippen molar-refractivity contribution < 1.29 is 5.11 Å². The molecule has 0 rings (SSSR count). The Morgan fingerprint density at radius 1 is 1.16 bits per heavy atom. The van der Waals surface area contributed by atoms with Gasteiger partial charge in [0.05, 0.1) is 13.2 Å². The van der Waals surface area contributed by atoms with E-state index in [1.807, 2.05) is 0 Å². The lowest BCUT2D eigenvalue weighted by atomic mass is 9.83. The molecular formula is C14H32IN3O. The van der Waals surface area contributed by atoms with Crippen molar-refractivity contribution in [3.63, 3.8) is 0 Å². The molecule has 0 aromatic heterocycles. The molecule has 116 valence electrons. The van der Waals surface area contributed by atoms with E-state index in [4.69, 9.17) is 5.73 Å². The second kappa shape index (κ2) is 13.0. The van der Waals surface area contributed by atoms with Crippen LogP contribution in [-0.4, -0.2) is 30.8 Å². The lowest BCUT2D eigenvalue weighted by Gasteiger charge is -2.27. The summed E-state index contributed by atoms with van der Waals surface area (Å²) in [6.45, 7) is 8.04. The van der Waals surface area contributed by atoms with Gasteiger partial charge in [-0.25, -0.2) is 0 Å². The molecule has 0 amide bonds. The Bertz CT molecular complexity index is 222. The molecule has 0 unspecified atom stereocenters. The minimum Gasteiger partial charge on any atom is -0.396 e. The highest BCUT2D eigenvalue weighted by atomic mass is 127. The third-order valence-electron chi connectivity index (χ3n) is 3.76. The number of aliphatic hydroxyl groups is 1. The lowest BCUT2D eigenvalue weighted by molar-refractivity contribution is 0.123. The number of nitrogens with one attached hydrogen (secondary N) is 1. The number of halogens is 1. The third-order valence-corrected chi connectivity index (χ3v) is 3.76. The number of aliphatic hydroxyl groups excluding tert-OH is 1. The Hall–Kier alpha value is -0.0400. The van der Waals surface area contributed by atoms with E-state index in [9.17, 15) is 5.11 Å². The van der Waals surface area contributed by atoms with Gasteiger partial charge in [0.25, 0.3) is 0 Å². The molecule has 0 aromatic rings. The van der Waals surface area contributed by atoms with Crippen LogP contribution in [-0.2, 0) is 0 Å². The second-order valence-corrected chi connectivity index (χ2v) is 5.05. The molecule has 0 aliphatic rings. The Balaban J connectivity index is 0. The van der Waals surface area contributed by atoms with Crippen molar-refractivity contribution in [2.24, 2.45) is 16.1 Å². The van der Waals surface area contributed by atoms with Crippen molar-refractivity contribution >= 4 is 29.9 Å². The fraction of sp³-hybridized carbons (Fsp3) is 0.929. The molecule has 0 saturated heterocycles. The molecular weight excluding hydrogens is 353 g/mol. The number of hydrogen-bond acceptors (Lipinski definition) is 2. The van der Waals surface area contributed by atoms with Crippen LogP contribution >= 0.6 is 24.0 Å². The highest BCUT2D eigenvalue weighted by Gasteiger charge is 2.24. The molecule has 0 atom stereocenters. The molecule has 0 fully saturated rings. The molecule has 0 heterocycles. The number of hydrogen-bond donors (Lipinski definition) is 3. The summed E-state index contributed by atoms with van der Waals surface area (Å²) in [6.07, 6.45) is 6.74. The standard InChI is InChI=1S/C14H31N3O.HI/c1-4-7-8-9-10-16-13(15)17-11-14(5-2,6-3)12-18;/h18H,4-12H2,1-3H3,(H3,15,16,17);1H. The van der Waals surface area contributed by atoms with Gasteiger partial charge in [0.2, 0.25) is 0 Å². The fourth-order valence-electron chi connectivity index (χ4n) is 1.82. The topological polar surface area (TPSA) is 70.6 Å². The van der Waals surface area contributed by atoms with Crippen LogP contribution in [0, 0.1) is 5.41 Å². The maximum absolute atomic E-state index is 9.43. The average molecular weight is 385 g/mol. The smallest absolute Gasteiger partial charge is 0.188 e. The number of nitrogens with zero attached hydrogens (tertiary/aromatic N) is 1. The Morgan fingerprint density at radius 3 is 2.26 bits per heavy atom. The van der Waals surface area contributed by atoms with Gasteiger partial charge in [0, 0.05) is 12.0 Å². The van der Waals surface area contributed by atoms with Crippen LogP contribution in [0.4, 0.5) is 0 Å². The van der Waals surface area contributed by atoms with Crippen LogP contribution in [0.3, 0.4) is 0 Å². The summed E-state index contributed by atoms with van der Waals surface area (Å²) in [4.78, 5) is 4.35. The monoisotopic (exact) mass is 385 g/mol. The van der Waals surface area contributed by atoms with Gasteiger partial charge in [-0.15, -0.1) is 24.0 Å². The molecule has 0 aromatic carbocycles. The minimum absolute atomic E-state index is 0. The molecule has 0 spiro atoms. The van der Waals surface area contributed by atoms with Gasteiger partial charge in [-0.05, 0) is 19.3 Å². The summed E-state index contributed by atoms with van der Waals surface area (Å²) in [6, 6.07) is 0. The molecule has 4 nitrogen and oxygen atoms in total. The Morgan fingerprint density at radius 2 is 1.79 bits per heavy atom. The molecule has 0 aliphatic carbocycles. The van der Waals surface area contributed by atoms with Crippen LogP contribution in [0.2, 0.25) is 0 Å². The summed E-state index contributed by atoms with van der Waals surface area (Å²) in [5, 5.41) is 12.6. The molecule has 0 aliphatic heterocycles. The number of nitrogens with two attached hydrogens (primary N) is 1. The molecule has 0 radical (unpaired) electrons. The summed E-state index contributed by atoms with van der Waals surface area (Å²) in [7, 11) is 0. The van der Waals surface area contributed by atoms with Gasteiger partial charge in [0.15, 0.2) is 5.96 Å². The van der Waals surface area contributed by atoms with Crippen molar-refractivity contribution in [2.75, 3.05) is 19.7 Å². The van der Waals surface area contributed by atoms with Crippen LogP contribution in [0.1, 0.15) is 59.3 Å². The molecule has 19 heavy (non-hydrogen) atoms. The summed E-state index contributed by atoms with van der Waals surface area (Å²) < 4.78 is 0. The minimum atomic E-state index is -0.103. The number of guanidine groups is 1. The van der Waals surface area contributed by atoms with E-state index >= 15 is 0 Å². The zero-order valence-corrected chi connectivity index (χ0v) is 15.1. The quantitative estimate of drug-likeness (QED) is 0.234. The first kappa shape index (κ1) is 21.3. The lowest BCUT2D eigenvalue weighted by Crippen LogP contribution is -2.35. The van der Waals surface area contributed by atoms with Gasteiger partial charge in [-0.1, -0.05) is 40.0 Å². The summed E-state index contributed by atoms with van der Waals surface area (Å²) in [5.41, 5.74) is 5.71. The first-order valence-electron chi connectivity index (χ1n) is 7.28. The van der Waals surface area contributed by atoms with Crippen LogP contribution in [0.25, 0.3) is 0 Å². The van der Waals surface area contributed by atoms with Gasteiger partial charge in [0.1, 0.15) is 0 Å². The van der Waals surface area contributed by atoms with Gasteiger partial charge >= 0.3 is 0 Å². The number of aliphatic imine (C=N–C) groups is 1. The zero-order chi connectivity index (χ0) is 13.9. The molecule has 4 N–H and O–H groups in total. The number of unbranched alkanes of at least 4 members (excludes halogenated alkanes) is 3. The van der Waals surface area contributed by atoms with Crippen molar-refractivity contribution in [2.45, 2.75) is 59.3 Å². The van der Waals surface area contributed by atoms with Crippen molar-refractivity contribution in [3.8, 4) is 0 Å². The normalized spacial score (nSPS) is 12.1. The van der Waals surface area contributed by atoms with Crippen LogP contribution in [0.5, 0.6) is 0 Å². The maximum atomic E-state index is 9.43. The van der Waals surface area contributed by atoms with E-state index in [1.54, 1.807) is 0 Å². The first-order valence-corrected chi connectivity index (χ1v) is 7.28. The number of rotatable bonds is 10. The third kappa shape index (κ3) is 9.49. The Labute approximate surface area is 135 Å². The van der Waals surface area contributed by atoms with E-state index < -0.39 is 0 Å². The van der Waals surface area contributed by atoms with E-state index in [2.05, 4.69) is 31.1 Å². The largest absolute Gasteiger partial charge is 0.396 e. The molecule has 0 bridgehead atoms. The van der Waals surface area contributed by atoms with Crippen molar-refractivity contribution in [3.05, 3.63) is 0 Å². The summed E-state index contributed by atoms with van der Waals surface area (Å²) >= 11 is 0. The van der Waals surface area contributed by atoms with Gasteiger partial charge in [-0.3, -0.25) is 4.99 Å². The van der Waals surface area contributed by atoms with E-state index in [1.165, 1.54) is 19.3 Å². The summed E-state index contributed by atoms with van der Waals surface area (Å²) in [5.74, 6) is 0.506. The fourth-order valence-corrected chi connectivity index (χ4v) is 1.82. The van der Waals surface area contributed by atoms with Crippen molar-refractivity contribution in [1.82, 2.24) is 5.32 Å². The maximum Gasteiger partial charge on any atom is 0.188 e. The molecule has 0 saturated carbocycles. The predicted octanol–water partition coefficient (Wildman–Crippen LogP) is 2.89. The average Bonchev–Trinajstić information content (AvgIpc) is 2.41. The van der Waals surface area contributed by atoms with E-state index in [0.717, 1.165) is 25.8 Å². The molecule has 5 heteroatoms. The SMILES string of the molecule is CCCCCCNC(N)=NCC(CC)(CC)CO.I. The second-order valence-electron chi connectivity index (χ2n) is 5.05. The van der Waals surface area contributed by atoms with Gasteiger partial charge in [-0.2, -0.15) is 0 Å². The highest BCUT2D eigenvalue weighted by molar-refractivity contribution is 14.0. The first-order chi connectivity index (χ1) is 8.64. The van der Waals surface area contributed by atoms with E-state index in [-0.39, 0.29) is 36.0 Å². The Kier molecular flexibility index (Phi) is 14.5. The van der Waals surface area contributed by atoms with Crippen molar-refractivity contribution in [1.29, 1.82) is 0 Å². The highest BCUT2D eigenvalue weighted by Crippen LogP contribution is 2.25. The van der Waals surface area contributed by atoms with Crippen LogP contribution in [0.15, 0.2) is 4.99 Å². The van der Waals surface area contributed by atoms with E-state index in [0.29, 0.717) is 12.5 Å². The predicted molar refractivity (Wildman–Crippen MR) is 94.1 cm³/mol. The van der Waals surface area contributed by atoms with Gasteiger partial charge < -0.3 is 16.2 Å². The zero-order valence-electron chi connectivity index (χ0n) is 12.7. The van der Waals surface area contributed by atoms with Crippen LogP contribution < -0.4 is 11.1 Å².